The minimum Gasteiger partial charge on any atom is -0.496 e. The maximum absolute atomic E-state index is 13.7. The number of methoxy groups -OCH3 is 2. The van der Waals surface area contributed by atoms with Crippen molar-refractivity contribution in [3.05, 3.63) is 113 Å². The van der Waals surface area contributed by atoms with Crippen molar-refractivity contribution in [2.75, 3.05) is 44.1 Å². The number of carbonyl (C=O) groups is 2. The molecular formula is C39H43N3O5. The molecule has 0 unspecified atom stereocenters. The predicted molar refractivity (Wildman–Crippen MR) is 185 cm³/mol. The third-order valence-corrected chi connectivity index (χ3v) is 9.05. The Morgan fingerprint density at radius 2 is 1.51 bits per heavy atom. The van der Waals surface area contributed by atoms with Crippen molar-refractivity contribution in [3.63, 3.8) is 0 Å². The van der Waals surface area contributed by atoms with Crippen molar-refractivity contribution >= 4 is 23.2 Å². The van der Waals surface area contributed by atoms with E-state index in [9.17, 15) is 9.59 Å². The number of hydrogen-bond acceptors (Lipinski definition) is 6. The molecule has 0 bridgehead atoms. The normalized spacial score (nSPS) is 15.0. The van der Waals surface area contributed by atoms with Gasteiger partial charge in [0.25, 0.3) is 11.8 Å². The zero-order chi connectivity index (χ0) is 32.9. The molecule has 2 heterocycles. The topological polar surface area (TPSA) is 80.3 Å². The monoisotopic (exact) mass is 633 g/mol. The quantitative estimate of drug-likeness (QED) is 0.197. The number of fused-ring (bicyclic) bond motifs is 1. The lowest BCUT2D eigenvalue weighted by molar-refractivity contribution is 0.0987. The number of likely N-dealkylation sites (tertiary alicyclic amines) is 1. The molecule has 2 amide bonds. The van der Waals surface area contributed by atoms with Crippen LogP contribution >= 0.6 is 0 Å². The molecule has 0 aromatic heterocycles. The van der Waals surface area contributed by atoms with E-state index in [0.29, 0.717) is 40.8 Å². The molecule has 47 heavy (non-hydrogen) atoms. The number of piperidine rings is 1. The minimum atomic E-state index is -0.347. The molecule has 1 N–H and O–H groups in total. The number of benzene rings is 4. The van der Waals surface area contributed by atoms with Crippen molar-refractivity contribution in [1.29, 1.82) is 0 Å². The lowest BCUT2D eigenvalue weighted by atomic mass is 9.88. The first-order chi connectivity index (χ1) is 22.8. The molecule has 1 saturated heterocycles. The Bertz CT molecular complexity index is 1710. The molecule has 1 fully saturated rings. The molecule has 4 aromatic carbocycles. The van der Waals surface area contributed by atoms with Gasteiger partial charge >= 0.3 is 0 Å². The van der Waals surface area contributed by atoms with E-state index in [2.05, 4.69) is 54.4 Å². The first-order valence-corrected chi connectivity index (χ1v) is 16.4. The summed E-state index contributed by atoms with van der Waals surface area (Å²) in [5.74, 6) is 1.96. The second-order valence-corrected chi connectivity index (χ2v) is 12.5. The zero-order valence-electron chi connectivity index (χ0n) is 27.6. The molecule has 6 rings (SSSR count). The first kappa shape index (κ1) is 32.1. The summed E-state index contributed by atoms with van der Waals surface area (Å²) < 4.78 is 16.9. The molecule has 2 aliphatic rings. The third-order valence-electron chi connectivity index (χ3n) is 9.05. The summed E-state index contributed by atoms with van der Waals surface area (Å²) in [5, 5.41) is 2.96. The summed E-state index contributed by atoms with van der Waals surface area (Å²) >= 11 is 0. The Kier molecular flexibility index (Phi) is 9.78. The van der Waals surface area contributed by atoms with Gasteiger partial charge in [-0.2, -0.15) is 0 Å². The lowest BCUT2D eigenvalue weighted by Crippen LogP contribution is -2.32. The van der Waals surface area contributed by atoms with Crippen molar-refractivity contribution in [2.45, 2.75) is 51.7 Å². The van der Waals surface area contributed by atoms with Gasteiger partial charge in [-0.25, -0.2) is 0 Å². The summed E-state index contributed by atoms with van der Waals surface area (Å²) in [5.41, 5.74) is 5.96. The van der Waals surface area contributed by atoms with E-state index in [-0.39, 0.29) is 17.9 Å². The van der Waals surface area contributed by atoms with E-state index in [1.54, 1.807) is 23.1 Å². The summed E-state index contributed by atoms with van der Waals surface area (Å²) in [6.07, 6.45) is 3.11. The van der Waals surface area contributed by atoms with Crippen LogP contribution in [-0.2, 0) is 13.0 Å². The molecule has 0 radical (unpaired) electrons. The van der Waals surface area contributed by atoms with Gasteiger partial charge in [-0.15, -0.1) is 0 Å². The SMILES string of the molecule is COc1cccc(OC)c1C(=O)Nc1ccc2c(c1)N(C(=O)c1ccc(CN3CCC(c4ccccc4OC(C)C)CC3)cc1)CC2. The van der Waals surface area contributed by atoms with Gasteiger partial charge in [-0.3, -0.25) is 14.5 Å². The van der Waals surface area contributed by atoms with Crippen molar-refractivity contribution < 1.29 is 23.8 Å². The maximum atomic E-state index is 13.7. The first-order valence-electron chi connectivity index (χ1n) is 16.4. The highest BCUT2D eigenvalue weighted by Crippen LogP contribution is 2.36. The van der Waals surface area contributed by atoms with Gasteiger partial charge in [0.15, 0.2) is 0 Å². The van der Waals surface area contributed by atoms with Gasteiger partial charge in [0.05, 0.1) is 20.3 Å². The Morgan fingerprint density at radius 1 is 0.830 bits per heavy atom. The van der Waals surface area contributed by atoms with Crippen LogP contribution < -0.4 is 24.4 Å². The summed E-state index contributed by atoms with van der Waals surface area (Å²) in [6, 6.07) is 27.4. The van der Waals surface area contributed by atoms with Gasteiger partial charge in [0.1, 0.15) is 22.8 Å². The third kappa shape index (κ3) is 7.13. The van der Waals surface area contributed by atoms with Crippen molar-refractivity contribution in [2.24, 2.45) is 0 Å². The highest BCUT2D eigenvalue weighted by atomic mass is 16.5. The average molecular weight is 634 g/mol. The number of carbonyl (C=O) groups excluding carboxylic acids is 2. The molecule has 8 heteroatoms. The van der Waals surface area contributed by atoms with Gasteiger partial charge in [-0.1, -0.05) is 42.5 Å². The van der Waals surface area contributed by atoms with Crippen LogP contribution in [0.1, 0.15) is 70.0 Å². The number of para-hydroxylation sites is 1. The standard InChI is InChI=1S/C39H43N3O5/c1-26(2)47-34-9-6-5-8-32(34)28-18-21-41(22-19-28)25-27-12-14-30(15-13-27)39(44)42-23-20-29-16-17-31(24-33(29)42)40-38(43)37-35(45-3)10-7-11-36(37)46-4/h5-17,24,26,28H,18-23,25H2,1-4H3,(H,40,43). The number of anilines is 2. The van der Waals surface area contributed by atoms with Crippen LogP contribution in [0.5, 0.6) is 17.2 Å². The Morgan fingerprint density at radius 3 is 2.19 bits per heavy atom. The van der Waals surface area contributed by atoms with Crippen LogP contribution in [0.3, 0.4) is 0 Å². The summed E-state index contributed by atoms with van der Waals surface area (Å²) in [6.45, 7) is 7.64. The molecule has 244 valence electrons. The number of hydrogen-bond donors (Lipinski definition) is 1. The van der Waals surface area contributed by atoms with Crippen LogP contribution in [0.2, 0.25) is 0 Å². The Balaban J connectivity index is 1.08. The predicted octanol–water partition coefficient (Wildman–Crippen LogP) is 7.33. The smallest absolute Gasteiger partial charge is 0.263 e. The van der Waals surface area contributed by atoms with Crippen LogP contribution in [0.4, 0.5) is 11.4 Å². The number of rotatable bonds is 10. The number of nitrogens with zero attached hydrogens (tertiary/aromatic N) is 2. The number of ether oxygens (including phenoxy) is 3. The lowest BCUT2D eigenvalue weighted by Gasteiger charge is -2.33. The van der Waals surface area contributed by atoms with Crippen LogP contribution in [-0.4, -0.2) is 56.7 Å². The van der Waals surface area contributed by atoms with Crippen LogP contribution in [0.25, 0.3) is 0 Å². The minimum absolute atomic E-state index is 0.0479. The zero-order valence-corrected chi connectivity index (χ0v) is 27.6. The van der Waals surface area contributed by atoms with Crippen LogP contribution in [0, 0.1) is 0 Å². The molecule has 0 spiro atoms. The van der Waals surface area contributed by atoms with Gasteiger partial charge < -0.3 is 24.4 Å². The molecular weight excluding hydrogens is 590 g/mol. The fraction of sp³-hybridized carbons (Fsp3) is 0.333. The second kappa shape index (κ2) is 14.3. The molecule has 0 saturated carbocycles. The van der Waals surface area contributed by atoms with E-state index in [0.717, 1.165) is 55.9 Å². The molecule has 0 aliphatic carbocycles. The van der Waals surface area contributed by atoms with E-state index in [4.69, 9.17) is 14.2 Å². The Labute approximate surface area is 277 Å². The van der Waals surface area contributed by atoms with E-state index >= 15 is 0 Å². The Hall–Kier alpha value is -4.82. The van der Waals surface area contributed by atoms with Gasteiger partial charge in [0, 0.05) is 30.0 Å². The fourth-order valence-electron chi connectivity index (χ4n) is 6.68. The molecule has 0 atom stereocenters. The second-order valence-electron chi connectivity index (χ2n) is 12.5. The highest BCUT2D eigenvalue weighted by Gasteiger charge is 2.27. The van der Waals surface area contributed by atoms with Crippen LogP contribution in [0.15, 0.2) is 84.9 Å². The fourth-order valence-corrected chi connectivity index (χ4v) is 6.68. The maximum Gasteiger partial charge on any atom is 0.263 e. The summed E-state index contributed by atoms with van der Waals surface area (Å²) in [7, 11) is 3.04. The highest BCUT2D eigenvalue weighted by molar-refractivity contribution is 6.10. The van der Waals surface area contributed by atoms with E-state index < -0.39 is 0 Å². The van der Waals surface area contributed by atoms with Crippen molar-refractivity contribution in [1.82, 2.24) is 4.90 Å². The van der Waals surface area contributed by atoms with E-state index in [1.807, 2.05) is 36.4 Å². The van der Waals surface area contributed by atoms with E-state index in [1.165, 1.54) is 25.3 Å². The van der Waals surface area contributed by atoms with Gasteiger partial charge in [0.2, 0.25) is 0 Å². The molecule has 2 aliphatic heterocycles. The summed E-state index contributed by atoms with van der Waals surface area (Å²) in [4.78, 5) is 31.2. The molecule has 8 nitrogen and oxygen atoms in total. The van der Waals surface area contributed by atoms with Crippen molar-refractivity contribution in [3.8, 4) is 17.2 Å². The molecule has 4 aromatic rings. The number of amides is 2. The largest absolute Gasteiger partial charge is 0.496 e. The van der Waals surface area contributed by atoms with Gasteiger partial charge in [-0.05, 0) is 111 Å². The number of nitrogens with one attached hydrogen (secondary N) is 1. The average Bonchev–Trinajstić information content (AvgIpc) is 3.51.